The second-order valence-corrected chi connectivity index (χ2v) is 8.33. The van der Waals surface area contributed by atoms with Crippen molar-refractivity contribution in [2.24, 2.45) is 0 Å². The molecule has 2 aromatic heterocycles. The van der Waals surface area contributed by atoms with Gasteiger partial charge >= 0.3 is 0 Å². The number of amides is 2. The maximum Gasteiger partial charge on any atom is 0.289 e. The monoisotopic (exact) mass is 426 g/mol. The van der Waals surface area contributed by atoms with Crippen molar-refractivity contribution in [3.63, 3.8) is 0 Å². The van der Waals surface area contributed by atoms with Crippen LogP contribution in [0.1, 0.15) is 30.2 Å². The third kappa shape index (κ3) is 4.60. The first-order chi connectivity index (χ1) is 14.5. The van der Waals surface area contributed by atoms with Gasteiger partial charge in [0.15, 0.2) is 10.9 Å². The van der Waals surface area contributed by atoms with E-state index in [0.29, 0.717) is 29.7 Å². The minimum atomic E-state index is -0.169. The summed E-state index contributed by atoms with van der Waals surface area (Å²) < 4.78 is 5.86. The van der Waals surface area contributed by atoms with E-state index in [1.807, 2.05) is 30.0 Å². The number of anilines is 1. The predicted molar refractivity (Wildman–Crippen MR) is 119 cm³/mol. The first-order valence-electron chi connectivity index (χ1n) is 9.90. The molecule has 8 heteroatoms. The van der Waals surface area contributed by atoms with Crippen molar-refractivity contribution < 1.29 is 15.4 Å². The number of aromatic nitrogens is 1. The first kappa shape index (κ1) is 20.3. The SMILES string of the molecule is CC(=O)Nc1nc(C)c(-c2ccc(C(=O)N3CCN(Cc4ccccc4)CC3)o2)s1.[HH]. The van der Waals surface area contributed by atoms with Crippen LogP contribution in [0, 0.1) is 6.92 Å². The number of nitrogens with one attached hydrogen (secondary N) is 1. The molecule has 1 aliphatic rings. The Balaban J connectivity index is 0.00000272. The third-order valence-electron chi connectivity index (χ3n) is 5.03. The van der Waals surface area contributed by atoms with Gasteiger partial charge in [0, 0.05) is 41.1 Å². The number of carbonyl (C=O) groups is 2. The molecule has 0 atom stereocenters. The Hall–Kier alpha value is -2.97. The van der Waals surface area contributed by atoms with Gasteiger partial charge in [0.25, 0.3) is 5.91 Å². The molecule has 0 unspecified atom stereocenters. The Morgan fingerprint density at radius 3 is 2.57 bits per heavy atom. The highest BCUT2D eigenvalue weighted by molar-refractivity contribution is 7.19. The molecule has 0 aliphatic carbocycles. The summed E-state index contributed by atoms with van der Waals surface area (Å²) in [5.74, 6) is 0.657. The fourth-order valence-electron chi connectivity index (χ4n) is 3.51. The van der Waals surface area contributed by atoms with E-state index in [9.17, 15) is 9.59 Å². The minimum Gasteiger partial charge on any atom is -0.450 e. The van der Waals surface area contributed by atoms with Crippen LogP contribution in [0.3, 0.4) is 0 Å². The van der Waals surface area contributed by atoms with E-state index in [1.165, 1.54) is 23.8 Å². The van der Waals surface area contributed by atoms with Gasteiger partial charge < -0.3 is 14.6 Å². The fourth-order valence-corrected chi connectivity index (χ4v) is 4.48. The summed E-state index contributed by atoms with van der Waals surface area (Å²) in [5.41, 5.74) is 2.04. The molecular formula is C22H26N4O3S. The van der Waals surface area contributed by atoms with Crippen molar-refractivity contribution in [1.29, 1.82) is 0 Å². The molecule has 0 bridgehead atoms. The normalized spacial score (nSPS) is 14.7. The van der Waals surface area contributed by atoms with E-state index in [0.717, 1.165) is 30.2 Å². The van der Waals surface area contributed by atoms with Gasteiger partial charge in [-0.2, -0.15) is 0 Å². The zero-order valence-corrected chi connectivity index (χ0v) is 17.9. The number of aryl methyl sites for hydroxylation is 1. The molecule has 1 N–H and O–H groups in total. The van der Waals surface area contributed by atoms with E-state index in [2.05, 4.69) is 27.3 Å². The molecule has 1 saturated heterocycles. The second-order valence-electron chi connectivity index (χ2n) is 7.33. The molecule has 30 heavy (non-hydrogen) atoms. The quantitative estimate of drug-likeness (QED) is 0.670. The molecule has 0 radical (unpaired) electrons. The summed E-state index contributed by atoms with van der Waals surface area (Å²) in [6.07, 6.45) is 0. The van der Waals surface area contributed by atoms with E-state index >= 15 is 0 Å². The van der Waals surface area contributed by atoms with Crippen LogP contribution in [0.2, 0.25) is 0 Å². The minimum absolute atomic E-state index is 0. The first-order valence-corrected chi connectivity index (χ1v) is 10.7. The van der Waals surface area contributed by atoms with Crippen molar-refractivity contribution >= 4 is 28.3 Å². The van der Waals surface area contributed by atoms with Gasteiger partial charge in [-0.15, -0.1) is 0 Å². The van der Waals surface area contributed by atoms with Gasteiger partial charge in [-0.25, -0.2) is 4.98 Å². The zero-order chi connectivity index (χ0) is 21.1. The van der Waals surface area contributed by atoms with Gasteiger partial charge in [0.2, 0.25) is 5.91 Å². The zero-order valence-electron chi connectivity index (χ0n) is 17.1. The van der Waals surface area contributed by atoms with E-state index in [-0.39, 0.29) is 13.2 Å². The maximum absolute atomic E-state index is 12.9. The van der Waals surface area contributed by atoms with Crippen LogP contribution >= 0.6 is 11.3 Å². The maximum atomic E-state index is 12.9. The van der Waals surface area contributed by atoms with Crippen molar-refractivity contribution in [2.45, 2.75) is 20.4 Å². The molecule has 1 aliphatic heterocycles. The summed E-state index contributed by atoms with van der Waals surface area (Å²) in [6.45, 7) is 7.22. The Kier molecular flexibility index (Phi) is 5.96. The summed E-state index contributed by atoms with van der Waals surface area (Å²) in [7, 11) is 0. The van der Waals surface area contributed by atoms with Crippen LogP contribution < -0.4 is 5.32 Å². The predicted octanol–water partition coefficient (Wildman–Crippen LogP) is 3.87. The molecule has 3 heterocycles. The van der Waals surface area contributed by atoms with Crippen LogP contribution in [-0.2, 0) is 11.3 Å². The van der Waals surface area contributed by atoms with Gasteiger partial charge in [0.05, 0.1) is 10.6 Å². The number of hydrogen-bond donors (Lipinski definition) is 1. The average Bonchev–Trinajstić information content (AvgIpc) is 3.35. The lowest BCUT2D eigenvalue weighted by Gasteiger charge is -2.34. The molecule has 158 valence electrons. The molecular weight excluding hydrogens is 400 g/mol. The highest BCUT2D eigenvalue weighted by Gasteiger charge is 2.25. The van der Waals surface area contributed by atoms with E-state index in [1.54, 1.807) is 12.1 Å². The number of carbonyl (C=O) groups excluding carboxylic acids is 2. The van der Waals surface area contributed by atoms with Crippen LogP contribution in [-0.4, -0.2) is 52.8 Å². The molecule has 1 aromatic carbocycles. The lowest BCUT2D eigenvalue weighted by atomic mass is 10.2. The smallest absolute Gasteiger partial charge is 0.289 e. The highest BCUT2D eigenvalue weighted by atomic mass is 32.1. The largest absolute Gasteiger partial charge is 0.450 e. The number of hydrogen-bond acceptors (Lipinski definition) is 6. The van der Waals surface area contributed by atoms with Gasteiger partial charge in [-0.3, -0.25) is 14.5 Å². The second kappa shape index (κ2) is 8.81. The van der Waals surface area contributed by atoms with E-state index in [4.69, 9.17) is 4.42 Å². The fraction of sp³-hybridized carbons (Fsp3) is 0.318. The number of benzene rings is 1. The molecule has 4 rings (SSSR count). The van der Waals surface area contributed by atoms with Crippen molar-refractivity contribution in [2.75, 3.05) is 31.5 Å². The lowest BCUT2D eigenvalue weighted by Crippen LogP contribution is -2.48. The molecule has 0 spiro atoms. The van der Waals surface area contributed by atoms with E-state index < -0.39 is 0 Å². The topological polar surface area (TPSA) is 78.7 Å². The highest BCUT2D eigenvalue weighted by Crippen LogP contribution is 2.34. The summed E-state index contributed by atoms with van der Waals surface area (Å²) in [4.78, 5) is 33.5. The summed E-state index contributed by atoms with van der Waals surface area (Å²) in [5, 5.41) is 3.21. The Bertz CT molecular complexity index is 1040. The molecule has 0 saturated carbocycles. The number of thiazole rings is 1. The Labute approximate surface area is 180 Å². The number of rotatable bonds is 5. The van der Waals surface area contributed by atoms with Crippen LogP contribution in [0.25, 0.3) is 10.6 Å². The molecule has 2 amide bonds. The number of furan rings is 1. The Morgan fingerprint density at radius 1 is 1.13 bits per heavy atom. The third-order valence-corrected chi connectivity index (χ3v) is 6.12. The standard InChI is InChI=1S/C22H24N4O3S.H2/c1-15-20(30-22(23-15)24-16(2)27)18-8-9-19(29-18)21(28)26-12-10-25(11-13-26)14-17-6-4-3-5-7-17;/h3-9H,10-14H2,1-2H3,(H,23,24,27);1H. The molecule has 1 fully saturated rings. The van der Waals surface area contributed by atoms with Gasteiger partial charge in [0.1, 0.15) is 5.76 Å². The summed E-state index contributed by atoms with van der Waals surface area (Å²) in [6, 6.07) is 13.9. The number of piperazine rings is 1. The van der Waals surface area contributed by atoms with Crippen molar-refractivity contribution in [1.82, 2.24) is 14.8 Å². The Morgan fingerprint density at radius 2 is 1.87 bits per heavy atom. The van der Waals surface area contributed by atoms with Crippen LogP contribution in [0.15, 0.2) is 46.9 Å². The lowest BCUT2D eigenvalue weighted by molar-refractivity contribution is -0.114. The van der Waals surface area contributed by atoms with Crippen molar-refractivity contribution in [3.8, 4) is 10.6 Å². The van der Waals surface area contributed by atoms with Crippen molar-refractivity contribution in [3.05, 3.63) is 59.5 Å². The van der Waals surface area contributed by atoms with Crippen LogP contribution in [0.5, 0.6) is 0 Å². The molecule has 3 aromatic rings. The average molecular weight is 427 g/mol. The summed E-state index contributed by atoms with van der Waals surface area (Å²) >= 11 is 1.33. The number of nitrogens with zero attached hydrogens (tertiary/aromatic N) is 3. The van der Waals surface area contributed by atoms with Gasteiger partial charge in [-0.05, 0) is 24.6 Å². The van der Waals surface area contributed by atoms with Gasteiger partial charge in [-0.1, -0.05) is 41.7 Å². The van der Waals surface area contributed by atoms with Crippen LogP contribution in [0.4, 0.5) is 5.13 Å². The molecule has 7 nitrogen and oxygen atoms in total.